The molecule has 2 aromatic rings. The van der Waals surface area contributed by atoms with Gasteiger partial charge in [-0.3, -0.25) is 14.5 Å². The van der Waals surface area contributed by atoms with E-state index in [1.54, 1.807) is 13.8 Å². The van der Waals surface area contributed by atoms with Crippen molar-refractivity contribution in [2.24, 2.45) is 11.7 Å². The summed E-state index contributed by atoms with van der Waals surface area (Å²) in [5.41, 5.74) is 3.97. The van der Waals surface area contributed by atoms with Crippen LogP contribution >= 0.6 is 23.4 Å². The number of imide groups is 1. The van der Waals surface area contributed by atoms with Crippen molar-refractivity contribution in [3.05, 3.63) is 22.8 Å². The van der Waals surface area contributed by atoms with Crippen LogP contribution in [-0.2, 0) is 11.0 Å². The lowest BCUT2D eigenvalue weighted by Gasteiger charge is -2.17. The molecule has 0 radical (unpaired) electrons. The molecule has 0 aliphatic carbocycles. The summed E-state index contributed by atoms with van der Waals surface area (Å²) in [6.07, 6.45) is -3.81. The lowest BCUT2D eigenvalue weighted by atomic mass is 10.1. The molecule has 7 nitrogen and oxygen atoms in total. The third kappa shape index (κ3) is 4.34. The molecule has 12 heteroatoms. The number of fused-ring (bicyclic) bond motifs is 1. The van der Waals surface area contributed by atoms with Crippen LogP contribution in [0.25, 0.3) is 5.65 Å². The Morgan fingerprint density at radius 1 is 1.36 bits per heavy atom. The zero-order valence-corrected chi connectivity index (χ0v) is 14.5. The summed E-state index contributed by atoms with van der Waals surface area (Å²) in [4.78, 5) is 22.9. The molecule has 0 aliphatic heterocycles. The number of nitrogens with two attached hydrogens (primary N) is 1. The largest absolute Gasteiger partial charge is 0.417 e. The summed E-state index contributed by atoms with van der Waals surface area (Å²) in [5, 5.41) is 8.46. The lowest BCUT2D eigenvalue weighted by molar-refractivity contribution is -0.137. The third-order valence-corrected chi connectivity index (χ3v) is 4.88. The van der Waals surface area contributed by atoms with Gasteiger partial charge in [0.1, 0.15) is 0 Å². The fourth-order valence-electron chi connectivity index (χ4n) is 1.97. The minimum atomic E-state index is -4.61. The molecule has 3 amide bonds. The number of alkyl halides is 3. The first kappa shape index (κ1) is 19.3. The highest BCUT2D eigenvalue weighted by Crippen LogP contribution is 2.34. The Morgan fingerprint density at radius 3 is 2.52 bits per heavy atom. The number of rotatable bonds is 4. The molecular formula is C13H13ClF3N5O2S. The quantitative estimate of drug-likeness (QED) is 0.775. The Labute approximate surface area is 149 Å². The van der Waals surface area contributed by atoms with Crippen molar-refractivity contribution in [3.63, 3.8) is 0 Å². The van der Waals surface area contributed by atoms with Gasteiger partial charge in [0.2, 0.25) is 5.91 Å². The van der Waals surface area contributed by atoms with E-state index in [1.807, 2.05) is 5.32 Å². The number of aromatic nitrogens is 3. The normalized spacial score (nSPS) is 13.2. The molecule has 136 valence electrons. The summed E-state index contributed by atoms with van der Waals surface area (Å²) >= 11 is 6.69. The zero-order valence-electron chi connectivity index (χ0n) is 13.0. The van der Waals surface area contributed by atoms with Crippen LogP contribution in [0, 0.1) is 5.92 Å². The number of carbonyl (C=O) groups is 2. The number of hydrogen-bond donors (Lipinski definition) is 2. The van der Waals surface area contributed by atoms with Gasteiger partial charge in [0.15, 0.2) is 10.8 Å². The Bertz CT molecular complexity index is 824. The highest BCUT2D eigenvalue weighted by atomic mass is 35.5. The van der Waals surface area contributed by atoms with E-state index in [1.165, 1.54) is 0 Å². The Kier molecular flexibility index (Phi) is 5.47. The van der Waals surface area contributed by atoms with E-state index < -0.39 is 28.9 Å². The van der Waals surface area contributed by atoms with Gasteiger partial charge in [0.05, 0.1) is 15.8 Å². The van der Waals surface area contributed by atoms with Crippen LogP contribution in [0.4, 0.5) is 18.0 Å². The number of amides is 3. The molecule has 0 aromatic carbocycles. The summed E-state index contributed by atoms with van der Waals surface area (Å²) < 4.78 is 39.9. The molecule has 25 heavy (non-hydrogen) atoms. The number of carbonyl (C=O) groups excluding carboxylic acids is 2. The number of primary amides is 1. The molecule has 2 heterocycles. The summed E-state index contributed by atoms with van der Waals surface area (Å²) in [6, 6.07) is -0.274. The van der Waals surface area contributed by atoms with Gasteiger partial charge in [-0.1, -0.05) is 37.2 Å². The van der Waals surface area contributed by atoms with E-state index in [0.29, 0.717) is 0 Å². The van der Waals surface area contributed by atoms with E-state index in [4.69, 9.17) is 17.3 Å². The van der Waals surface area contributed by atoms with Gasteiger partial charge in [-0.25, -0.2) is 4.79 Å². The van der Waals surface area contributed by atoms with Gasteiger partial charge in [0, 0.05) is 6.20 Å². The highest BCUT2D eigenvalue weighted by Gasteiger charge is 2.33. The van der Waals surface area contributed by atoms with Crippen molar-refractivity contribution >= 4 is 40.9 Å². The van der Waals surface area contributed by atoms with Crippen LogP contribution < -0.4 is 11.1 Å². The van der Waals surface area contributed by atoms with E-state index in [-0.39, 0.29) is 21.7 Å². The number of pyridine rings is 1. The average molecular weight is 396 g/mol. The van der Waals surface area contributed by atoms with Crippen molar-refractivity contribution in [2.75, 3.05) is 0 Å². The minimum absolute atomic E-state index is 0.0231. The average Bonchev–Trinajstić information content (AvgIpc) is 2.86. The Balaban J connectivity index is 2.44. The predicted octanol–water partition coefficient (Wildman–Crippen LogP) is 2.71. The lowest BCUT2D eigenvalue weighted by Crippen LogP contribution is -2.42. The van der Waals surface area contributed by atoms with Crippen LogP contribution in [-0.4, -0.2) is 31.8 Å². The van der Waals surface area contributed by atoms with E-state index in [0.717, 1.165) is 28.4 Å². The fourth-order valence-corrected chi connectivity index (χ4v) is 3.22. The Morgan fingerprint density at radius 2 is 2.00 bits per heavy atom. The number of thioether (sulfide) groups is 1. The summed E-state index contributed by atoms with van der Waals surface area (Å²) in [7, 11) is 0. The van der Waals surface area contributed by atoms with Crippen LogP contribution in [0.2, 0.25) is 5.02 Å². The fraction of sp³-hybridized carbons (Fsp3) is 0.385. The molecule has 0 bridgehead atoms. The number of urea groups is 1. The molecular weight excluding hydrogens is 383 g/mol. The van der Waals surface area contributed by atoms with Crippen molar-refractivity contribution in [2.45, 2.75) is 30.4 Å². The molecule has 0 unspecified atom stereocenters. The van der Waals surface area contributed by atoms with E-state index in [2.05, 4.69) is 10.2 Å². The molecule has 0 spiro atoms. The molecule has 0 fully saturated rings. The van der Waals surface area contributed by atoms with Gasteiger partial charge in [0.25, 0.3) is 0 Å². The van der Waals surface area contributed by atoms with Gasteiger partial charge in [-0.2, -0.15) is 13.2 Å². The van der Waals surface area contributed by atoms with Crippen molar-refractivity contribution in [1.29, 1.82) is 0 Å². The molecule has 3 N–H and O–H groups in total. The van der Waals surface area contributed by atoms with Crippen LogP contribution in [0.1, 0.15) is 19.4 Å². The number of nitrogens with zero attached hydrogens (tertiary/aromatic N) is 3. The van der Waals surface area contributed by atoms with Gasteiger partial charge in [-0.05, 0) is 12.0 Å². The third-order valence-electron chi connectivity index (χ3n) is 3.10. The minimum Gasteiger partial charge on any atom is -0.351 e. The number of halogens is 4. The molecule has 2 rings (SSSR count). The molecule has 0 saturated heterocycles. The maximum Gasteiger partial charge on any atom is 0.417 e. The van der Waals surface area contributed by atoms with E-state index in [9.17, 15) is 22.8 Å². The molecule has 0 aliphatic rings. The van der Waals surface area contributed by atoms with Crippen molar-refractivity contribution in [3.8, 4) is 0 Å². The highest BCUT2D eigenvalue weighted by molar-refractivity contribution is 8.00. The molecule has 0 saturated carbocycles. The van der Waals surface area contributed by atoms with Crippen molar-refractivity contribution in [1.82, 2.24) is 19.9 Å². The van der Waals surface area contributed by atoms with Crippen LogP contribution in [0.15, 0.2) is 17.4 Å². The molecule has 1 atom stereocenters. The van der Waals surface area contributed by atoms with Gasteiger partial charge in [-0.15, -0.1) is 10.2 Å². The zero-order chi connectivity index (χ0) is 18.9. The topological polar surface area (TPSA) is 102 Å². The first-order valence-electron chi connectivity index (χ1n) is 6.89. The van der Waals surface area contributed by atoms with Crippen molar-refractivity contribution < 1.29 is 22.8 Å². The van der Waals surface area contributed by atoms with Crippen LogP contribution in [0.3, 0.4) is 0 Å². The van der Waals surface area contributed by atoms with Gasteiger partial charge < -0.3 is 5.73 Å². The van der Waals surface area contributed by atoms with Crippen LogP contribution in [0.5, 0.6) is 0 Å². The second kappa shape index (κ2) is 7.08. The summed E-state index contributed by atoms with van der Waals surface area (Å²) in [5.74, 6) is -0.944. The maximum absolute atomic E-state index is 13.0. The monoisotopic (exact) mass is 395 g/mol. The maximum atomic E-state index is 13.0. The molecule has 2 aromatic heterocycles. The Hall–Kier alpha value is -2.01. The first-order chi connectivity index (χ1) is 11.5. The standard InChI is InChI=1S/C13H13ClF3N5O2S/c1-5(2)8(10(23)19-11(18)24)25-12-21-20-9-7(14)3-6(4-22(9)12)13(15,16)17/h3-5,8H,1-2H3,(H3,18,19,23,24)/t8-/m0/s1. The predicted molar refractivity (Wildman–Crippen MR) is 85.2 cm³/mol. The smallest absolute Gasteiger partial charge is 0.351 e. The van der Waals surface area contributed by atoms with E-state index >= 15 is 0 Å². The second-order valence-electron chi connectivity index (χ2n) is 5.39. The SMILES string of the molecule is CC(C)[C@H](Sc1nnc2c(Cl)cc(C(F)(F)F)cn12)C(=O)NC(N)=O. The second-order valence-corrected chi connectivity index (χ2v) is 6.90. The number of nitrogens with one attached hydrogen (secondary N) is 1. The summed E-state index contributed by atoms with van der Waals surface area (Å²) in [6.45, 7) is 3.41. The number of hydrogen-bond acceptors (Lipinski definition) is 5. The van der Waals surface area contributed by atoms with Gasteiger partial charge >= 0.3 is 12.2 Å². The first-order valence-corrected chi connectivity index (χ1v) is 8.15.